The summed E-state index contributed by atoms with van der Waals surface area (Å²) in [7, 11) is 1.21. The largest absolute Gasteiger partial charge is 0.467 e. The molecule has 2 aromatic carbocycles. The van der Waals surface area contributed by atoms with Crippen LogP contribution >= 0.6 is 0 Å². The van der Waals surface area contributed by atoms with Gasteiger partial charge in [-0.15, -0.1) is 0 Å². The number of hydrogen-bond donors (Lipinski definition) is 2. The van der Waals surface area contributed by atoms with Crippen LogP contribution in [-0.2, 0) is 9.53 Å². The molecule has 2 N–H and O–H groups in total. The van der Waals surface area contributed by atoms with Crippen LogP contribution in [0.5, 0.6) is 0 Å². The highest BCUT2D eigenvalue weighted by molar-refractivity contribution is 5.95. The van der Waals surface area contributed by atoms with Crippen LogP contribution in [0.2, 0.25) is 0 Å². The van der Waals surface area contributed by atoms with E-state index >= 15 is 0 Å². The fourth-order valence-electron chi connectivity index (χ4n) is 2.57. The molecule has 0 saturated heterocycles. The van der Waals surface area contributed by atoms with E-state index in [9.17, 15) is 14.7 Å². The van der Waals surface area contributed by atoms with E-state index in [4.69, 9.17) is 4.74 Å². The van der Waals surface area contributed by atoms with Crippen molar-refractivity contribution in [3.63, 3.8) is 0 Å². The molecule has 2 rings (SSSR count). The summed E-state index contributed by atoms with van der Waals surface area (Å²) < 4.78 is 4.76. The Bertz CT molecular complexity index is 687. The smallest absolute Gasteiger partial charge is 0.340 e. The number of nitrogens with one attached hydrogen (secondary N) is 1. The summed E-state index contributed by atoms with van der Waals surface area (Å²) in [6.07, 6.45) is 0.0916. The number of carbonyl (C=O) groups excluding carboxylic acids is 2. The zero-order valence-corrected chi connectivity index (χ0v) is 13.7. The van der Waals surface area contributed by atoms with Crippen molar-refractivity contribution in [2.45, 2.75) is 25.0 Å². The summed E-state index contributed by atoms with van der Waals surface area (Å²) in [5.41, 5.74) is -0.793. The van der Waals surface area contributed by atoms with Crippen LogP contribution in [0.15, 0.2) is 60.7 Å². The van der Waals surface area contributed by atoms with Crippen LogP contribution in [0, 0.1) is 0 Å². The fourth-order valence-corrected chi connectivity index (χ4v) is 2.57. The second-order valence-electron chi connectivity index (χ2n) is 5.45. The van der Waals surface area contributed by atoms with Gasteiger partial charge in [0.25, 0.3) is 5.91 Å². The first-order valence-corrected chi connectivity index (χ1v) is 7.74. The third-order valence-corrected chi connectivity index (χ3v) is 4.00. The van der Waals surface area contributed by atoms with Gasteiger partial charge in [0.1, 0.15) is 0 Å². The molecular weight excluding hydrogens is 306 g/mol. The SMILES string of the molecule is CC[C@@](O)(C(=O)OC)[C@H](NC(=O)c1ccccc1)c1ccccc1. The van der Waals surface area contributed by atoms with Crippen molar-refractivity contribution in [1.29, 1.82) is 0 Å². The third-order valence-electron chi connectivity index (χ3n) is 4.00. The number of esters is 1. The van der Waals surface area contributed by atoms with Crippen molar-refractivity contribution in [3.8, 4) is 0 Å². The van der Waals surface area contributed by atoms with Gasteiger partial charge in [-0.3, -0.25) is 4.79 Å². The lowest BCUT2D eigenvalue weighted by Crippen LogP contribution is -2.51. The maximum Gasteiger partial charge on any atom is 0.340 e. The summed E-state index contributed by atoms with van der Waals surface area (Å²) in [5, 5.41) is 13.7. The number of rotatable bonds is 6. The standard InChI is InChI=1S/C19H21NO4/c1-3-19(23,18(22)24-2)16(14-10-6-4-7-11-14)20-17(21)15-12-8-5-9-13-15/h4-13,16,23H,3H2,1-2H3,(H,20,21)/t16-,19+/m1/s1. The van der Waals surface area contributed by atoms with E-state index in [-0.39, 0.29) is 12.3 Å². The molecule has 0 fully saturated rings. The Labute approximate surface area is 141 Å². The van der Waals surface area contributed by atoms with Crippen LogP contribution in [0.4, 0.5) is 0 Å². The van der Waals surface area contributed by atoms with E-state index in [0.29, 0.717) is 11.1 Å². The lowest BCUT2D eigenvalue weighted by atomic mass is 9.86. The van der Waals surface area contributed by atoms with E-state index in [0.717, 1.165) is 0 Å². The molecule has 24 heavy (non-hydrogen) atoms. The van der Waals surface area contributed by atoms with Crippen molar-refractivity contribution in [1.82, 2.24) is 5.32 Å². The molecule has 0 heterocycles. The summed E-state index contributed by atoms with van der Waals surface area (Å²) in [6.45, 7) is 1.67. The fraction of sp³-hybridized carbons (Fsp3) is 0.263. The second kappa shape index (κ2) is 7.75. The molecule has 0 unspecified atom stereocenters. The Morgan fingerprint density at radius 1 is 1.08 bits per heavy atom. The molecule has 0 radical (unpaired) electrons. The average molecular weight is 327 g/mol. The van der Waals surface area contributed by atoms with Crippen molar-refractivity contribution in [2.75, 3.05) is 7.11 Å². The molecule has 5 nitrogen and oxygen atoms in total. The van der Waals surface area contributed by atoms with Gasteiger partial charge in [-0.2, -0.15) is 0 Å². The minimum Gasteiger partial charge on any atom is -0.467 e. The van der Waals surface area contributed by atoms with Crippen LogP contribution in [0.25, 0.3) is 0 Å². The normalized spacial score (nSPS) is 14.3. The highest BCUT2D eigenvalue weighted by atomic mass is 16.5. The molecule has 0 bridgehead atoms. The highest BCUT2D eigenvalue weighted by Gasteiger charge is 2.45. The molecule has 0 aliphatic rings. The molecule has 0 saturated carbocycles. The molecule has 0 spiro atoms. The highest BCUT2D eigenvalue weighted by Crippen LogP contribution is 2.30. The van der Waals surface area contributed by atoms with Gasteiger partial charge in [-0.05, 0) is 24.1 Å². The minimum atomic E-state index is -1.86. The van der Waals surface area contributed by atoms with Gasteiger partial charge in [0.2, 0.25) is 0 Å². The Kier molecular flexibility index (Phi) is 5.71. The first kappa shape index (κ1) is 17.7. The quantitative estimate of drug-likeness (QED) is 0.799. The van der Waals surface area contributed by atoms with Gasteiger partial charge < -0.3 is 15.2 Å². The van der Waals surface area contributed by atoms with Crippen LogP contribution in [-0.4, -0.2) is 29.7 Å². The number of hydrogen-bond acceptors (Lipinski definition) is 4. The lowest BCUT2D eigenvalue weighted by molar-refractivity contribution is -0.166. The summed E-state index contributed by atoms with van der Waals surface area (Å²) >= 11 is 0. The second-order valence-corrected chi connectivity index (χ2v) is 5.45. The number of carbonyl (C=O) groups is 2. The van der Waals surface area contributed by atoms with E-state index in [1.54, 1.807) is 55.5 Å². The molecule has 1 amide bonds. The predicted octanol–water partition coefficient (Wildman–Crippen LogP) is 2.47. The van der Waals surface area contributed by atoms with Gasteiger partial charge in [-0.25, -0.2) is 4.79 Å². The van der Waals surface area contributed by atoms with E-state index in [2.05, 4.69) is 5.32 Å². The van der Waals surface area contributed by atoms with Crippen LogP contribution < -0.4 is 5.32 Å². The van der Waals surface area contributed by atoms with Crippen molar-refractivity contribution < 1.29 is 19.4 Å². The average Bonchev–Trinajstić information content (AvgIpc) is 2.66. The van der Waals surface area contributed by atoms with E-state index in [1.165, 1.54) is 7.11 Å². The Hall–Kier alpha value is -2.66. The van der Waals surface area contributed by atoms with Crippen molar-refractivity contribution in [2.24, 2.45) is 0 Å². The number of amides is 1. The van der Waals surface area contributed by atoms with Gasteiger partial charge in [0, 0.05) is 5.56 Å². The monoisotopic (exact) mass is 327 g/mol. The summed E-state index contributed by atoms with van der Waals surface area (Å²) in [5.74, 6) is -1.16. The molecular formula is C19H21NO4. The third kappa shape index (κ3) is 3.63. The number of methoxy groups -OCH3 is 1. The zero-order valence-electron chi connectivity index (χ0n) is 13.7. The molecule has 2 atom stereocenters. The maximum absolute atomic E-state index is 12.5. The molecule has 126 valence electrons. The first-order chi connectivity index (χ1) is 11.5. The van der Waals surface area contributed by atoms with Gasteiger partial charge in [0.05, 0.1) is 13.2 Å². The van der Waals surface area contributed by atoms with Gasteiger partial charge in [0.15, 0.2) is 5.60 Å². The number of aliphatic hydroxyl groups is 1. The predicted molar refractivity (Wildman–Crippen MR) is 90.3 cm³/mol. The molecule has 5 heteroatoms. The molecule has 0 aliphatic carbocycles. The van der Waals surface area contributed by atoms with Crippen molar-refractivity contribution >= 4 is 11.9 Å². The maximum atomic E-state index is 12.5. The van der Waals surface area contributed by atoms with E-state index in [1.807, 2.05) is 12.1 Å². The van der Waals surface area contributed by atoms with Crippen molar-refractivity contribution in [3.05, 3.63) is 71.8 Å². The first-order valence-electron chi connectivity index (χ1n) is 7.74. The Morgan fingerprint density at radius 3 is 2.12 bits per heavy atom. The Morgan fingerprint density at radius 2 is 1.62 bits per heavy atom. The van der Waals surface area contributed by atoms with Crippen LogP contribution in [0.1, 0.15) is 35.3 Å². The molecule has 0 aliphatic heterocycles. The number of ether oxygens (including phenoxy) is 1. The zero-order chi connectivity index (χ0) is 17.6. The summed E-state index contributed by atoms with van der Waals surface area (Å²) in [6, 6.07) is 16.6. The van der Waals surface area contributed by atoms with Crippen LogP contribution in [0.3, 0.4) is 0 Å². The molecule has 0 aromatic heterocycles. The van der Waals surface area contributed by atoms with E-state index < -0.39 is 17.6 Å². The Balaban J connectivity index is 2.40. The number of benzene rings is 2. The van der Waals surface area contributed by atoms with Gasteiger partial charge in [-0.1, -0.05) is 55.5 Å². The lowest BCUT2D eigenvalue weighted by Gasteiger charge is -2.33. The topological polar surface area (TPSA) is 75.6 Å². The van der Waals surface area contributed by atoms with Gasteiger partial charge >= 0.3 is 5.97 Å². The minimum absolute atomic E-state index is 0.0916. The molecule has 2 aromatic rings. The summed E-state index contributed by atoms with van der Waals surface area (Å²) in [4.78, 5) is 24.7.